The van der Waals surface area contributed by atoms with E-state index in [9.17, 15) is 20.0 Å². The Balaban J connectivity index is 2.56. The number of benzene rings is 2. The van der Waals surface area contributed by atoms with Crippen LogP contribution in [0, 0.1) is 10.1 Å². The number of hydrogen-bond acceptors (Lipinski definition) is 4. The van der Waals surface area contributed by atoms with Crippen LogP contribution in [0.4, 0.5) is 5.69 Å². The monoisotopic (exact) mass is 343 g/mol. The minimum atomic E-state index is -1.28. The van der Waals surface area contributed by atoms with Crippen LogP contribution in [0.25, 0.3) is 0 Å². The van der Waals surface area contributed by atoms with Crippen molar-refractivity contribution in [3.8, 4) is 0 Å². The van der Waals surface area contributed by atoms with Crippen molar-refractivity contribution in [3.63, 3.8) is 0 Å². The molecule has 0 atom stereocenters. The number of carbonyl (C=O) groups is 1. The van der Waals surface area contributed by atoms with Gasteiger partial charge in [-0.25, -0.2) is 4.79 Å². The average molecular weight is 344 g/mol. The van der Waals surface area contributed by atoms with E-state index in [-0.39, 0.29) is 21.2 Å². The van der Waals surface area contributed by atoms with Crippen LogP contribution >= 0.6 is 35.0 Å². The summed E-state index contributed by atoms with van der Waals surface area (Å²) in [6.45, 7) is 0. The number of hydrogen-bond donors (Lipinski definition) is 1. The van der Waals surface area contributed by atoms with Gasteiger partial charge in [0.15, 0.2) is 0 Å². The number of halogens is 2. The van der Waals surface area contributed by atoms with Gasteiger partial charge in [0.2, 0.25) is 0 Å². The molecule has 0 aliphatic rings. The zero-order valence-corrected chi connectivity index (χ0v) is 12.6. The van der Waals surface area contributed by atoms with Crippen molar-refractivity contribution in [1.29, 1.82) is 0 Å². The zero-order valence-electron chi connectivity index (χ0n) is 10.2. The summed E-state index contributed by atoms with van der Waals surface area (Å²) < 4.78 is 0. The predicted molar refractivity (Wildman–Crippen MR) is 80.6 cm³/mol. The molecule has 0 fully saturated rings. The molecule has 0 saturated carbocycles. The maximum absolute atomic E-state index is 11.3. The third-order valence-electron chi connectivity index (χ3n) is 2.49. The van der Waals surface area contributed by atoms with Crippen molar-refractivity contribution in [1.82, 2.24) is 0 Å². The summed E-state index contributed by atoms with van der Waals surface area (Å²) in [5, 5.41) is 20.8. The molecular formula is C13H7Cl2NO4S. The highest BCUT2D eigenvalue weighted by Gasteiger charge is 2.24. The maximum Gasteiger partial charge on any atom is 0.337 e. The highest BCUT2D eigenvalue weighted by atomic mass is 35.5. The number of carboxylic acid groups (broad SMARTS) is 1. The lowest BCUT2D eigenvalue weighted by Crippen LogP contribution is -2.02. The molecule has 2 aromatic rings. The topological polar surface area (TPSA) is 80.4 Å². The van der Waals surface area contributed by atoms with E-state index >= 15 is 0 Å². The van der Waals surface area contributed by atoms with Gasteiger partial charge in [-0.3, -0.25) is 10.1 Å². The summed E-state index contributed by atoms with van der Waals surface area (Å²) in [4.78, 5) is 22.4. The van der Waals surface area contributed by atoms with Gasteiger partial charge in [-0.05, 0) is 30.3 Å². The van der Waals surface area contributed by atoms with Gasteiger partial charge in [-0.2, -0.15) is 0 Å². The van der Waals surface area contributed by atoms with E-state index in [4.69, 9.17) is 23.2 Å². The van der Waals surface area contributed by atoms with Crippen LogP contribution in [-0.4, -0.2) is 16.0 Å². The maximum atomic E-state index is 11.3. The van der Waals surface area contributed by atoms with Crippen molar-refractivity contribution < 1.29 is 14.8 Å². The minimum Gasteiger partial charge on any atom is -0.478 e. The van der Waals surface area contributed by atoms with Crippen molar-refractivity contribution in [2.24, 2.45) is 0 Å². The van der Waals surface area contributed by atoms with Crippen LogP contribution in [0.3, 0.4) is 0 Å². The van der Waals surface area contributed by atoms with E-state index in [1.165, 1.54) is 6.07 Å². The fraction of sp³-hybridized carbons (Fsp3) is 0. The van der Waals surface area contributed by atoms with E-state index in [1.807, 2.05) is 0 Å². The summed E-state index contributed by atoms with van der Waals surface area (Å²) in [6.07, 6.45) is 0. The first-order valence-corrected chi connectivity index (χ1v) is 7.10. The van der Waals surface area contributed by atoms with Gasteiger partial charge in [0.1, 0.15) is 4.90 Å². The largest absolute Gasteiger partial charge is 0.478 e. The molecule has 0 amide bonds. The van der Waals surface area contributed by atoms with Crippen LogP contribution in [0.1, 0.15) is 10.4 Å². The first kappa shape index (κ1) is 15.6. The highest BCUT2D eigenvalue weighted by molar-refractivity contribution is 7.99. The second kappa shape index (κ2) is 6.34. The van der Waals surface area contributed by atoms with Crippen LogP contribution in [0.5, 0.6) is 0 Å². The molecule has 1 N–H and O–H groups in total. The van der Waals surface area contributed by atoms with Crippen LogP contribution in [0.15, 0.2) is 46.2 Å². The number of rotatable bonds is 4. The zero-order chi connectivity index (χ0) is 15.6. The number of carboxylic acids is 1. The Kier molecular flexibility index (Phi) is 4.72. The molecular weight excluding hydrogens is 337 g/mol. The molecule has 2 aromatic carbocycles. The third kappa shape index (κ3) is 3.66. The summed E-state index contributed by atoms with van der Waals surface area (Å²) in [5.41, 5.74) is -0.561. The lowest BCUT2D eigenvalue weighted by molar-refractivity contribution is -0.387. The van der Waals surface area contributed by atoms with Gasteiger partial charge in [0.05, 0.1) is 10.5 Å². The van der Waals surface area contributed by atoms with Crippen molar-refractivity contribution >= 4 is 46.6 Å². The molecule has 0 radical (unpaired) electrons. The molecule has 0 aromatic heterocycles. The Morgan fingerprint density at radius 2 is 1.76 bits per heavy atom. The first-order valence-electron chi connectivity index (χ1n) is 5.53. The molecule has 8 heteroatoms. The van der Waals surface area contributed by atoms with Gasteiger partial charge < -0.3 is 5.11 Å². The fourth-order valence-electron chi connectivity index (χ4n) is 1.60. The first-order chi connectivity index (χ1) is 9.88. The standard InChI is InChI=1S/C13H7Cl2NO4S/c14-7-1-3-9(4-2-7)21-12-10(13(17)18)5-8(15)6-11(12)16(19)20/h1-6H,(H,17,18). The lowest BCUT2D eigenvalue weighted by Gasteiger charge is -2.07. The van der Waals surface area contributed by atoms with Crippen molar-refractivity contribution in [3.05, 3.63) is 62.1 Å². The molecule has 0 saturated heterocycles. The predicted octanol–water partition coefficient (Wildman–Crippen LogP) is 4.75. The summed E-state index contributed by atoms with van der Waals surface area (Å²) >= 11 is 12.5. The van der Waals surface area contributed by atoms with Gasteiger partial charge >= 0.3 is 5.97 Å². The average Bonchev–Trinajstić information content (AvgIpc) is 2.42. The Morgan fingerprint density at radius 1 is 1.14 bits per heavy atom. The summed E-state index contributed by atoms with van der Waals surface area (Å²) in [5.74, 6) is -1.28. The second-order valence-corrected chi connectivity index (χ2v) is 5.88. The van der Waals surface area contributed by atoms with E-state index in [0.29, 0.717) is 9.92 Å². The molecule has 108 valence electrons. The van der Waals surface area contributed by atoms with Crippen LogP contribution in [-0.2, 0) is 0 Å². The molecule has 0 aliphatic carbocycles. The van der Waals surface area contributed by atoms with E-state index < -0.39 is 10.9 Å². The molecule has 0 unspecified atom stereocenters. The number of aromatic carboxylic acids is 1. The molecule has 5 nitrogen and oxygen atoms in total. The van der Waals surface area contributed by atoms with Gasteiger partial charge in [0, 0.05) is 21.0 Å². The number of nitro groups is 1. The van der Waals surface area contributed by atoms with Crippen LogP contribution in [0.2, 0.25) is 10.0 Å². The molecule has 21 heavy (non-hydrogen) atoms. The van der Waals surface area contributed by atoms with Crippen molar-refractivity contribution in [2.75, 3.05) is 0 Å². The molecule has 0 heterocycles. The lowest BCUT2D eigenvalue weighted by atomic mass is 10.2. The summed E-state index contributed by atoms with van der Waals surface area (Å²) in [7, 11) is 0. The Bertz CT molecular complexity index is 684. The SMILES string of the molecule is O=C(O)c1cc(Cl)cc([N+](=O)[O-])c1Sc1ccc(Cl)cc1. The molecule has 0 spiro atoms. The van der Waals surface area contributed by atoms with E-state index in [0.717, 1.165) is 17.8 Å². The van der Waals surface area contributed by atoms with Gasteiger partial charge in [0.25, 0.3) is 5.69 Å². The van der Waals surface area contributed by atoms with Gasteiger partial charge in [-0.15, -0.1) is 0 Å². The number of nitro benzene ring substituents is 1. The quantitative estimate of drug-likeness (QED) is 0.639. The molecule has 0 bridgehead atoms. The van der Waals surface area contributed by atoms with E-state index in [2.05, 4.69) is 0 Å². The number of nitrogens with zero attached hydrogens (tertiary/aromatic N) is 1. The normalized spacial score (nSPS) is 10.4. The summed E-state index contributed by atoms with van der Waals surface area (Å²) in [6, 6.07) is 8.85. The van der Waals surface area contributed by atoms with Crippen LogP contribution < -0.4 is 0 Å². The Morgan fingerprint density at radius 3 is 2.29 bits per heavy atom. The highest BCUT2D eigenvalue weighted by Crippen LogP contribution is 2.39. The Labute approximate surface area is 133 Å². The minimum absolute atomic E-state index is 0.000411. The van der Waals surface area contributed by atoms with E-state index in [1.54, 1.807) is 24.3 Å². The van der Waals surface area contributed by atoms with Gasteiger partial charge in [-0.1, -0.05) is 35.0 Å². The Hall–Kier alpha value is -1.76. The smallest absolute Gasteiger partial charge is 0.337 e. The third-order valence-corrected chi connectivity index (χ3v) is 4.11. The van der Waals surface area contributed by atoms with Crippen molar-refractivity contribution in [2.45, 2.75) is 9.79 Å². The second-order valence-electron chi connectivity index (χ2n) is 3.92. The fourth-order valence-corrected chi connectivity index (χ4v) is 2.94. The molecule has 2 rings (SSSR count). The molecule has 0 aliphatic heterocycles.